The molecule has 8 heteroatoms. The van der Waals surface area contributed by atoms with Gasteiger partial charge in [-0.05, 0) is 57.5 Å². The van der Waals surface area contributed by atoms with Gasteiger partial charge in [0.05, 0.1) is 10.6 Å². The van der Waals surface area contributed by atoms with E-state index in [0.717, 1.165) is 9.87 Å². The monoisotopic (exact) mass is 507 g/mol. The predicted molar refractivity (Wildman–Crippen MR) is 142 cm³/mol. The van der Waals surface area contributed by atoms with E-state index in [1.54, 1.807) is 55.5 Å². The van der Waals surface area contributed by atoms with Crippen molar-refractivity contribution in [1.82, 2.24) is 10.2 Å². The van der Waals surface area contributed by atoms with Crippen molar-refractivity contribution in [3.05, 3.63) is 96.6 Å². The molecule has 0 radical (unpaired) electrons. The molecule has 3 aromatic rings. The highest BCUT2D eigenvalue weighted by Gasteiger charge is 2.33. The van der Waals surface area contributed by atoms with Gasteiger partial charge in [0, 0.05) is 12.1 Å². The maximum absolute atomic E-state index is 13.8. The van der Waals surface area contributed by atoms with Crippen LogP contribution in [-0.2, 0) is 26.2 Å². The second kappa shape index (κ2) is 11.4. The van der Waals surface area contributed by atoms with Gasteiger partial charge in [-0.15, -0.1) is 0 Å². The van der Waals surface area contributed by atoms with E-state index in [9.17, 15) is 18.0 Å². The van der Waals surface area contributed by atoms with E-state index in [1.165, 1.54) is 17.0 Å². The fraction of sp³-hybridized carbons (Fsp3) is 0.286. The van der Waals surface area contributed by atoms with Gasteiger partial charge >= 0.3 is 0 Å². The van der Waals surface area contributed by atoms with E-state index in [4.69, 9.17) is 0 Å². The first-order chi connectivity index (χ1) is 17.0. The Balaban J connectivity index is 1.98. The summed E-state index contributed by atoms with van der Waals surface area (Å²) in [7, 11) is -4.05. The van der Waals surface area contributed by atoms with Crippen LogP contribution in [0.25, 0.3) is 0 Å². The lowest BCUT2D eigenvalue weighted by Gasteiger charge is -2.33. The number of para-hydroxylation sites is 1. The van der Waals surface area contributed by atoms with Crippen LogP contribution in [0.5, 0.6) is 0 Å². The standard InChI is InChI=1S/C28H33N3O4S/c1-22(27(33)29-28(2,3)4)30(20-23-14-8-5-9-15-23)26(32)21-31(24-16-10-6-11-17-24)36(34,35)25-18-12-7-13-19-25/h5-19,22H,20-21H2,1-4H3,(H,29,33). The highest BCUT2D eigenvalue weighted by molar-refractivity contribution is 7.92. The van der Waals surface area contributed by atoms with Gasteiger partial charge in [-0.2, -0.15) is 0 Å². The van der Waals surface area contributed by atoms with Gasteiger partial charge in [0.15, 0.2) is 0 Å². The number of anilines is 1. The summed E-state index contributed by atoms with van der Waals surface area (Å²) < 4.78 is 28.3. The van der Waals surface area contributed by atoms with Gasteiger partial charge in [-0.25, -0.2) is 8.42 Å². The number of nitrogens with one attached hydrogen (secondary N) is 1. The zero-order chi connectivity index (χ0) is 26.3. The normalized spacial score (nSPS) is 12.4. The van der Waals surface area contributed by atoms with Crippen molar-refractivity contribution in [3.63, 3.8) is 0 Å². The lowest BCUT2D eigenvalue weighted by molar-refractivity contribution is -0.140. The van der Waals surface area contributed by atoms with E-state index in [2.05, 4.69) is 5.32 Å². The lowest BCUT2D eigenvalue weighted by atomic mass is 10.1. The molecule has 0 aromatic heterocycles. The molecule has 0 aliphatic heterocycles. The first kappa shape index (κ1) is 26.9. The zero-order valence-electron chi connectivity index (χ0n) is 21.1. The topological polar surface area (TPSA) is 86.8 Å². The molecule has 1 N–H and O–H groups in total. The molecule has 3 rings (SSSR count). The van der Waals surface area contributed by atoms with Crippen LogP contribution in [0.3, 0.4) is 0 Å². The Morgan fingerprint density at radius 2 is 1.33 bits per heavy atom. The summed E-state index contributed by atoms with van der Waals surface area (Å²) in [4.78, 5) is 28.3. The average Bonchev–Trinajstić information content (AvgIpc) is 2.86. The molecule has 0 fully saturated rings. The van der Waals surface area contributed by atoms with Crippen LogP contribution in [0, 0.1) is 0 Å². The molecule has 36 heavy (non-hydrogen) atoms. The molecule has 0 heterocycles. The van der Waals surface area contributed by atoms with Crippen molar-refractivity contribution in [2.45, 2.75) is 50.7 Å². The third kappa shape index (κ3) is 6.95. The van der Waals surface area contributed by atoms with Gasteiger partial charge in [0.25, 0.3) is 10.0 Å². The smallest absolute Gasteiger partial charge is 0.264 e. The summed E-state index contributed by atoms with van der Waals surface area (Å²) >= 11 is 0. The molecular weight excluding hydrogens is 474 g/mol. The van der Waals surface area contributed by atoms with Crippen molar-refractivity contribution < 1.29 is 18.0 Å². The van der Waals surface area contributed by atoms with Crippen LogP contribution in [0.2, 0.25) is 0 Å². The Bertz CT molecular complexity index is 1260. The van der Waals surface area contributed by atoms with Crippen molar-refractivity contribution in [3.8, 4) is 0 Å². The summed E-state index contributed by atoms with van der Waals surface area (Å²) in [6.07, 6.45) is 0. The van der Waals surface area contributed by atoms with Crippen LogP contribution < -0.4 is 9.62 Å². The Hall–Kier alpha value is -3.65. The highest BCUT2D eigenvalue weighted by atomic mass is 32.2. The molecule has 0 spiro atoms. The Morgan fingerprint density at radius 1 is 0.833 bits per heavy atom. The van der Waals surface area contributed by atoms with Crippen LogP contribution >= 0.6 is 0 Å². The molecular formula is C28H33N3O4S. The summed E-state index contributed by atoms with van der Waals surface area (Å²) in [5.74, 6) is -0.803. The SMILES string of the molecule is CC(C(=O)NC(C)(C)C)N(Cc1ccccc1)C(=O)CN(c1ccccc1)S(=O)(=O)c1ccccc1. The fourth-order valence-corrected chi connectivity index (χ4v) is 5.11. The van der Waals surface area contributed by atoms with E-state index in [-0.39, 0.29) is 17.3 Å². The molecule has 0 saturated heterocycles. The predicted octanol–water partition coefficient (Wildman–Crippen LogP) is 4.21. The first-order valence-electron chi connectivity index (χ1n) is 11.8. The molecule has 2 amide bonds. The molecule has 1 atom stereocenters. The van der Waals surface area contributed by atoms with Crippen molar-refractivity contribution >= 4 is 27.5 Å². The Kier molecular flexibility index (Phi) is 8.53. The van der Waals surface area contributed by atoms with E-state index >= 15 is 0 Å². The minimum atomic E-state index is -4.05. The second-order valence-electron chi connectivity index (χ2n) is 9.58. The highest BCUT2D eigenvalue weighted by Crippen LogP contribution is 2.24. The summed E-state index contributed by atoms with van der Waals surface area (Å²) in [5.41, 5.74) is 0.707. The summed E-state index contributed by atoms with van der Waals surface area (Å²) in [5, 5.41) is 2.92. The number of sulfonamides is 1. The van der Waals surface area contributed by atoms with Gasteiger partial charge in [-0.1, -0.05) is 66.7 Å². The second-order valence-corrected chi connectivity index (χ2v) is 11.4. The Morgan fingerprint density at radius 3 is 1.86 bits per heavy atom. The number of nitrogens with zero attached hydrogens (tertiary/aromatic N) is 2. The molecule has 0 aliphatic rings. The van der Waals surface area contributed by atoms with Gasteiger partial charge in [-0.3, -0.25) is 13.9 Å². The lowest BCUT2D eigenvalue weighted by Crippen LogP contribution is -2.54. The molecule has 0 bridgehead atoms. The third-order valence-electron chi connectivity index (χ3n) is 5.52. The van der Waals surface area contributed by atoms with Gasteiger partial charge in [0.1, 0.15) is 12.6 Å². The zero-order valence-corrected chi connectivity index (χ0v) is 21.9. The maximum atomic E-state index is 13.8. The number of benzene rings is 3. The number of rotatable bonds is 9. The van der Waals surface area contributed by atoms with Crippen LogP contribution in [0.4, 0.5) is 5.69 Å². The first-order valence-corrected chi connectivity index (χ1v) is 13.2. The molecule has 190 valence electrons. The maximum Gasteiger partial charge on any atom is 0.264 e. The molecule has 7 nitrogen and oxygen atoms in total. The van der Waals surface area contributed by atoms with E-state index in [1.807, 2.05) is 51.1 Å². The van der Waals surface area contributed by atoms with Gasteiger partial charge in [0.2, 0.25) is 11.8 Å². The number of carbonyl (C=O) groups excluding carboxylic acids is 2. The summed E-state index contributed by atoms with van der Waals surface area (Å²) in [6, 6.07) is 25.0. The number of hydrogen-bond acceptors (Lipinski definition) is 4. The van der Waals surface area contributed by atoms with E-state index in [0.29, 0.717) is 5.69 Å². The van der Waals surface area contributed by atoms with Crippen molar-refractivity contribution in [1.29, 1.82) is 0 Å². The molecule has 3 aromatic carbocycles. The largest absolute Gasteiger partial charge is 0.350 e. The number of hydrogen-bond donors (Lipinski definition) is 1. The minimum absolute atomic E-state index is 0.0785. The fourth-order valence-electron chi connectivity index (χ4n) is 3.68. The molecule has 0 saturated carbocycles. The average molecular weight is 508 g/mol. The van der Waals surface area contributed by atoms with Crippen molar-refractivity contribution in [2.24, 2.45) is 0 Å². The summed E-state index contributed by atoms with van der Waals surface area (Å²) in [6.45, 7) is 6.95. The molecule has 1 unspecified atom stereocenters. The minimum Gasteiger partial charge on any atom is -0.350 e. The number of amides is 2. The van der Waals surface area contributed by atoms with E-state index < -0.39 is 34.1 Å². The van der Waals surface area contributed by atoms with Crippen LogP contribution in [-0.4, -0.2) is 43.3 Å². The third-order valence-corrected chi connectivity index (χ3v) is 7.30. The van der Waals surface area contributed by atoms with Crippen molar-refractivity contribution in [2.75, 3.05) is 10.8 Å². The van der Waals surface area contributed by atoms with Gasteiger partial charge < -0.3 is 10.2 Å². The molecule has 0 aliphatic carbocycles. The van der Waals surface area contributed by atoms with Crippen LogP contribution in [0.15, 0.2) is 95.9 Å². The van der Waals surface area contributed by atoms with Crippen LogP contribution in [0.1, 0.15) is 33.3 Å². The Labute approximate surface area is 213 Å². The quantitative estimate of drug-likeness (QED) is 0.470. The number of carbonyl (C=O) groups is 2.